The van der Waals surface area contributed by atoms with Crippen LogP contribution >= 0.6 is 0 Å². The van der Waals surface area contributed by atoms with Crippen LogP contribution in [0.25, 0.3) is 0 Å². The molecule has 1 N–H and O–H groups in total. The number of fused-ring (bicyclic) bond motifs is 1. The van der Waals surface area contributed by atoms with E-state index in [9.17, 15) is 0 Å². The third kappa shape index (κ3) is 4.55. The van der Waals surface area contributed by atoms with Gasteiger partial charge in [0.05, 0.1) is 0 Å². The molecule has 2 nitrogen and oxygen atoms in total. The summed E-state index contributed by atoms with van der Waals surface area (Å²) in [5.74, 6) is 0.881. The van der Waals surface area contributed by atoms with E-state index in [1.54, 1.807) is 11.1 Å². The first-order chi connectivity index (χ1) is 12.8. The van der Waals surface area contributed by atoms with Gasteiger partial charge in [-0.3, -0.25) is 4.90 Å². The molecule has 26 heavy (non-hydrogen) atoms. The minimum Gasteiger partial charge on any atom is -0.313 e. The van der Waals surface area contributed by atoms with Crippen molar-refractivity contribution >= 4 is 0 Å². The molecule has 1 unspecified atom stereocenters. The number of nitrogens with one attached hydrogen (secondary N) is 1. The number of piperidine rings is 1. The fraction of sp³-hybridized carbons (Fsp3) is 0.500. The van der Waals surface area contributed by atoms with E-state index in [0.29, 0.717) is 6.04 Å². The molecule has 0 aromatic heterocycles. The summed E-state index contributed by atoms with van der Waals surface area (Å²) in [6.07, 6.45) is 6.44. The standard InChI is InChI=1S/C24H32N2/c1-19-5-4-6-21(15-19)18-26-13-10-20(11-14-26)16-24-17-23-8-3-2-7-22(23)9-12-25-24/h2-8,15,20,24-25H,9-14,16-18H2,1H3. The molecule has 2 heterocycles. The van der Waals surface area contributed by atoms with Gasteiger partial charge in [0.25, 0.3) is 0 Å². The van der Waals surface area contributed by atoms with Crippen LogP contribution in [0.1, 0.15) is 41.5 Å². The van der Waals surface area contributed by atoms with Gasteiger partial charge in [-0.05, 0) is 81.3 Å². The highest BCUT2D eigenvalue weighted by Crippen LogP contribution is 2.26. The number of likely N-dealkylation sites (tertiary alicyclic amines) is 1. The first kappa shape index (κ1) is 17.8. The second kappa shape index (κ2) is 8.37. The Labute approximate surface area is 158 Å². The van der Waals surface area contributed by atoms with E-state index in [1.807, 2.05) is 0 Å². The molecule has 0 saturated carbocycles. The van der Waals surface area contributed by atoms with Crippen molar-refractivity contribution in [3.8, 4) is 0 Å². The number of hydrogen-bond donors (Lipinski definition) is 1. The number of aryl methyl sites for hydroxylation is 1. The third-order valence-corrected chi connectivity index (χ3v) is 6.23. The molecule has 0 aliphatic carbocycles. The van der Waals surface area contributed by atoms with Crippen molar-refractivity contribution in [1.82, 2.24) is 10.2 Å². The van der Waals surface area contributed by atoms with E-state index in [1.165, 1.54) is 56.3 Å². The minimum atomic E-state index is 0.659. The van der Waals surface area contributed by atoms with Gasteiger partial charge in [-0.1, -0.05) is 54.1 Å². The quantitative estimate of drug-likeness (QED) is 0.883. The fourth-order valence-corrected chi connectivity index (χ4v) is 4.77. The maximum Gasteiger partial charge on any atom is 0.0233 e. The van der Waals surface area contributed by atoms with Crippen LogP contribution in [-0.2, 0) is 19.4 Å². The van der Waals surface area contributed by atoms with Gasteiger partial charge in [-0.15, -0.1) is 0 Å². The summed E-state index contributed by atoms with van der Waals surface area (Å²) in [4.78, 5) is 2.64. The molecule has 2 heteroatoms. The smallest absolute Gasteiger partial charge is 0.0233 e. The molecule has 2 aromatic carbocycles. The van der Waals surface area contributed by atoms with Crippen molar-refractivity contribution in [2.45, 2.75) is 51.6 Å². The lowest BCUT2D eigenvalue weighted by Crippen LogP contribution is -2.38. The highest BCUT2D eigenvalue weighted by molar-refractivity contribution is 5.29. The van der Waals surface area contributed by atoms with E-state index in [2.05, 4.69) is 65.7 Å². The van der Waals surface area contributed by atoms with Crippen molar-refractivity contribution in [2.24, 2.45) is 5.92 Å². The summed E-state index contributed by atoms with van der Waals surface area (Å²) in [5, 5.41) is 3.82. The Balaban J connectivity index is 1.27. The van der Waals surface area contributed by atoms with Gasteiger partial charge in [-0.2, -0.15) is 0 Å². The molecular formula is C24H32N2. The zero-order chi connectivity index (χ0) is 17.8. The van der Waals surface area contributed by atoms with Gasteiger partial charge in [0.2, 0.25) is 0 Å². The number of rotatable bonds is 4. The topological polar surface area (TPSA) is 15.3 Å². The minimum absolute atomic E-state index is 0.659. The monoisotopic (exact) mass is 348 g/mol. The Bertz CT molecular complexity index is 716. The summed E-state index contributed by atoms with van der Waals surface area (Å²) in [6.45, 7) is 6.94. The summed E-state index contributed by atoms with van der Waals surface area (Å²) >= 11 is 0. The van der Waals surface area contributed by atoms with E-state index in [-0.39, 0.29) is 0 Å². The van der Waals surface area contributed by atoms with Crippen molar-refractivity contribution in [1.29, 1.82) is 0 Å². The van der Waals surface area contributed by atoms with Crippen molar-refractivity contribution in [2.75, 3.05) is 19.6 Å². The molecule has 2 aromatic rings. The molecule has 2 aliphatic heterocycles. The molecule has 1 atom stereocenters. The third-order valence-electron chi connectivity index (χ3n) is 6.23. The summed E-state index contributed by atoms with van der Waals surface area (Å²) in [5.41, 5.74) is 5.96. The molecule has 4 rings (SSSR count). The molecule has 2 aliphatic rings. The summed E-state index contributed by atoms with van der Waals surface area (Å²) in [7, 11) is 0. The highest BCUT2D eigenvalue weighted by Gasteiger charge is 2.24. The second-order valence-corrected chi connectivity index (χ2v) is 8.32. The summed E-state index contributed by atoms with van der Waals surface area (Å²) < 4.78 is 0. The average molecular weight is 349 g/mol. The van der Waals surface area contributed by atoms with Crippen molar-refractivity contribution in [3.63, 3.8) is 0 Å². The van der Waals surface area contributed by atoms with Crippen LogP contribution in [-0.4, -0.2) is 30.6 Å². The molecule has 1 saturated heterocycles. The number of nitrogens with zero attached hydrogens (tertiary/aromatic N) is 1. The van der Waals surface area contributed by atoms with E-state index < -0.39 is 0 Å². The Morgan fingerprint density at radius 2 is 1.81 bits per heavy atom. The first-order valence-electron chi connectivity index (χ1n) is 10.3. The average Bonchev–Trinajstić information content (AvgIpc) is 2.85. The molecule has 138 valence electrons. The number of hydrogen-bond acceptors (Lipinski definition) is 2. The van der Waals surface area contributed by atoms with Crippen LogP contribution < -0.4 is 5.32 Å². The largest absolute Gasteiger partial charge is 0.313 e. The van der Waals surface area contributed by atoms with Crippen LogP contribution in [0.2, 0.25) is 0 Å². The van der Waals surface area contributed by atoms with Crippen LogP contribution in [0, 0.1) is 12.8 Å². The lowest BCUT2D eigenvalue weighted by Gasteiger charge is -2.33. The Morgan fingerprint density at radius 3 is 2.62 bits per heavy atom. The molecule has 0 radical (unpaired) electrons. The van der Waals surface area contributed by atoms with Gasteiger partial charge in [0.1, 0.15) is 0 Å². The maximum absolute atomic E-state index is 3.82. The highest BCUT2D eigenvalue weighted by atomic mass is 15.1. The van der Waals surface area contributed by atoms with Gasteiger partial charge in [-0.25, -0.2) is 0 Å². The van der Waals surface area contributed by atoms with Crippen molar-refractivity contribution in [3.05, 3.63) is 70.8 Å². The fourth-order valence-electron chi connectivity index (χ4n) is 4.77. The second-order valence-electron chi connectivity index (χ2n) is 8.32. The first-order valence-corrected chi connectivity index (χ1v) is 10.3. The predicted octanol–water partition coefficient (Wildman–Crippen LogP) is 4.35. The van der Waals surface area contributed by atoms with Gasteiger partial charge in [0.15, 0.2) is 0 Å². The van der Waals surface area contributed by atoms with E-state index >= 15 is 0 Å². The maximum atomic E-state index is 3.82. The van der Waals surface area contributed by atoms with Crippen molar-refractivity contribution < 1.29 is 0 Å². The van der Waals surface area contributed by atoms with E-state index in [4.69, 9.17) is 0 Å². The lowest BCUT2D eigenvalue weighted by molar-refractivity contribution is 0.164. The van der Waals surface area contributed by atoms with E-state index in [0.717, 1.165) is 19.0 Å². The van der Waals surface area contributed by atoms with Gasteiger partial charge < -0.3 is 5.32 Å². The Morgan fingerprint density at radius 1 is 1.00 bits per heavy atom. The molecule has 1 fully saturated rings. The molecule has 0 spiro atoms. The predicted molar refractivity (Wildman–Crippen MR) is 109 cm³/mol. The lowest BCUT2D eigenvalue weighted by atomic mass is 9.87. The molecule has 0 bridgehead atoms. The zero-order valence-corrected chi connectivity index (χ0v) is 16.1. The summed E-state index contributed by atoms with van der Waals surface area (Å²) in [6, 6.07) is 18.7. The van der Waals surface area contributed by atoms with Crippen LogP contribution in [0.3, 0.4) is 0 Å². The molecule has 0 amide bonds. The SMILES string of the molecule is Cc1cccc(CN2CCC(CC3Cc4ccccc4CCN3)CC2)c1. The van der Waals surface area contributed by atoms with Gasteiger partial charge >= 0.3 is 0 Å². The van der Waals surface area contributed by atoms with Crippen LogP contribution in [0.15, 0.2) is 48.5 Å². The van der Waals surface area contributed by atoms with Gasteiger partial charge in [0, 0.05) is 12.6 Å². The Hall–Kier alpha value is -1.64. The zero-order valence-electron chi connectivity index (χ0n) is 16.1. The van der Waals surface area contributed by atoms with Crippen LogP contribution in [0.4, 0.5) is 0 Å². The normalized spacial score (nSPS) is 22.0. The Kier molecular flexibility index (Phi) is 5.72. The molecular weight excluding hydrogens is 316 g/mol. The van der Waals surface area contributed by atoms with Crippen LogP contribution in [0.5, 0.6) is 0 Å². The number of benzene rings is 2.